The molecular weight excluding hydrogens is 304 g/mol. The van der Waals surface area contributed by atoms with Gasteiger partial charge < -0.3 is 10.6 Å². The fourth-order valence-electron chi connectivity index (χ4n) is 2.03. The second kappa shape index (κ2) is 8.17. The summed E-state index contributed by atoms with van der Waals surface area (Å²) < 4.78 is 0. The van der Waals surface area contributed by atoms with E-state index >= 15 is 0 Å². The molecule has 0 aliphatic rings. The lowest BCUT2D eigenvalue weighted by atomic mass is 10.0. The Morgan fingerprint density at radius 1 is 1.29 bits per heavy atom. The van der Waals surface area contributed by atoms with Crippen LogP contribution in [0.4, 0.5) is 0 Å². The van der Waals surface area contributed by atoms with Crippen LogP contribution in [-0.2, 0) is 11.3 Å². The van der Waals surface area contributed by atoms with Gasteiger partial charge in [0.05, 0.1) is 6.54 Å². The highest BCUT2D eigenvalue weighted by atomic mass is 35.5. The van der Waals surface area contributed by atoms with Crippen molar-refractivity contribution in [3.63, 3.8) is 0 Å². The number of halogens is 1. The lowest BCUT2D eigenvalue weighted by Gasteiger charge is -2.19. The molecule has 2 aromatic rings. The van der Waals surface area contributed by atoms with E-state index in [2.05, 4.69) is 18.4 Å². The predicted octanol–water partition coefficient (Wildman–Crippen LogP) is 3.53. The highest BCUT2D eigenvalue weighted by Crippen LogP contribution is 2.19. The fourth-order valence-corrected chi connectivity index (χ4v) is 2.99. The molecule has 0 saturated heterocycles. The molecule has 1 unspecified atom stereocenters. The first-order chi connectivity index (χ1) is 9.58. The molecule has 2 rings (SSSR count). The zero-order valence-corrected chi connectivity index (χ0v) is 13.9. The standard InChI is InChI=1S/C16H20N2OS.ClH/c1-12-8-9-20-15(12)11-18(2)16(19)10-14(17)13-6-4-3-5-7-13;/h3-9,14H,10-11,17H2,1-2H3;1H. The number of nitrogens with zero attached hydrogens (tertiary/aromatic N) is 1. The molecule has 114 valence electrons. The summed E-state index contributed by atoms with van der Waals surface area (Å²) in [5.74, 6) is 0.0779. The van der Waals surface area contributed by atoms with Crippen LogP contribution in [-0.4, -0.2) is 17.9 Å². The third-order valence-electron chi connectivity index (χ3n) is 3.40. The monoisotopic (exact) mass is 324 g/mol. The molecule has 1 aromatic carbocycles. The number of carbonyl (C=O) groups excluding carboxylic acids is 1. The van der Waals surface area contributed by atoms with Gasteiger partial charge in [-0.3, -0.25) is 4.79 Å². The Balaban J connectivity index is 0.00000220. The molecule has 0 fully saturated rings. The first kappa shape index (κ1) is 17.7. The smallest absolute Gasteiger partial charge is 0.224 e. The molecule has 0 aliphatic heterocycles. The lowest BCUT2D eigenvalue weighted by molar-refractivity contribution is -0.130. The molecule has 0 saturated carbocycles. The van der Waals surface area contributed by atoms with E-state index in [1.807, 2.05) is 37.4 Å². The molecule has 1 atom stereocenters. The van der Waals surface area contributed by atoms with Crippen LogP contribution in [0, 0.1) is 6.92 Å². The van der Waals surface area contributed by atoms with E-state index in [-0.39, 0.29) is 24.4 Å². The molecule has 1 heterocycles. The van der Waals surface area contributed by atoms with Gasteiger partial charge in [0.15, 0.2) is 0 Å². The maximum Gasteiger partial charge on any atom is 0.224 e. The van der Waals surface area contributed by atoms with Crippen LogP contribution in [0.5, 0.6) is 0 Å². The van der Waals surface area contributed by atoms with E-state index < -0.39 is 0 Å². The predicted molar refractivity (Wildman–Crippen MR) is 90.8 cm³/mol. The molecule has 2 N–H and O–H groups in total. The minimum absolute atomic E-state index is 0. The molecule has 0 spiro atoms. The maximum absolute atomic E-state index is 12.2. The van der Waals surface area contributed by atoms with Crippen molar-refractivity contribution in [2.75, 3.05) is 7.05 Å². The van der Waals surface area contributed by atoms with Gasteiger partial charge in [-0.2, -0.15) is 0 Å². The van der Waals surface area contributed by atoms with Crippen LogP contribution in [0.25, 0.3) is 0 Å². The molecule has 3 nitrogen and oxygen atoms in total. The first-order valence-corrected chi connectivity index (χ1v) is 7.53. The highest BCUT2D eigenvalue weighted by Gasteiger charge is 2.16. The number of rotatable bonds is 5. The lowest BCUT2D eigenvalue weighted by Crippen LogP contribution is -2.29. The number of benzene rings is 1. The molecule has 1 amide bonds. The van der Waals surface area contributed by atoms with Gasteiger partial charge in [0.1, 0.15) is 0 Å². The summed E-state index contributed by atoms with van der Waals surface area (Å²) in [6.45, 7) is 2.73. The molecule has 5 heteroatoms. The molecule has 1 aromatic heterocycles. The fraction of sp³-hybridized carbons (Fsp3) is 0.312. The Bertz CT molecular complexity index is 571. The summed E-state index contributed by atoms with van der Waals surface area (Å²) in [5, 5.41) is 2.05. The minimum Gasteiger partial charge on any atom is -0.341 e. The van der Waals surface area contributed by atoms with E-state index in [0.717, 1.165) is 5.56 Å². The van der Waals surface area contributed by atoms with Gasteiger partial charge in [-0.05, 0) is 29.5 Å². The van der Waals surface area contributed by atoms with Crippen molar-refractivity contribution in [3.8, 4) is 0 Å². The van der Waals surface area contributed by atoms with Gasteiger partial charge in [0.25, 0.3) is 0 Å². The van der Waals surface area contributed by atoms with Gasteiger partial charge in [0.2, 0.25) is 5.91 Å². The Morgan fingerprint density at radius 2 is 1.95 bits per heavy atom. The summed E-state index contributed by atoms with van der Waals surface area (Å²) in [6, 6.07) is 11.6. The number of hydrogen-bond acceptors (Lipinski definition) is 3. The van der Waals surface area contributed by atoms with Crippen molar-refractivity contribution in [2.24, 2.45) is 5.73 Å². The second-order valence-corrected chi connectivity index (χ2v) is 6.00. The van der Waals surface area contributed by atoms with Gasteiger partial charge in [-0.1, -0.05) is 30.3 Å². The van der Waals surface area contributed by atoms with Crippen LogP contribution in [0.15, 0.2) is 41.8 Å². The Morgan fingerprint density at radius 3 is 2.52 bits per heavy atom. The number of aryl methyl sites for hydroxylation is 1. The van der Waals surface area contributed by atoms with Crippen LogP contribution >= 0.6 is 23.7 Å². The van der Waals surface area contributed by atoms with E-state index in [1.165, 1.54) is 10.4 Å². The van der Waals surface area contributed by atoms with E-state index in [9.17, 15) is 4.79 Å². The van der Waals surface area contributed by atoms with Gasteiger partial charge in [0, 0.05) is 24.4 Å². The van der Waals surface area contributed by atoms with Gasteiger partial charge in [-0.15, -0.1) is 23.7 Å². The normalized spacial score (nSPS) is 11.6. The first-order valence-electron chi connectivity index (χ1n) is 6.65. The zero-order valence-electron chi connectivity index (χ0n) is 12.3. The third kappa shape index (κ3) is 4.84. The number of carbonyl (C=O) groups is 1. The molecule has 21 heavy (non-hydrogen) atoms. The van der Waals surface area contributed by atoms with E-state index in [1.54, 1.807) is 16.2 Å². The second-order valence-electron chi connectivity index (χ2n) is 5.00. The summed E-state index contributed by atoms with van der Waals surface area (Å²) in [4.78, 5) is 15.2. The quantitative estimate of drug-likeness (QED) is 0.914. The molecule has 0 aliphatic carbocycles. The number of amides is 1. The van der Waals surface area contributed by atoms with Gasteiger partial charge in [-0.25, -0.2) is 0 Å². The number of thiophene rings is 1. The SMILES string of the molecule is Cc1ccsc1CN(C)C(=O)CC(N)c1ccccc1.Cl. The van der Waals surface area contributed by atoms with Crippen LogP contribution in [0.1, 0.15) is 28.5 Å². The maximum atomic E-state index is 12.2. The summed E-state index contributed by atoms with van der Waals surface area (Å²) in [7, 11) is 1.83. The van der Waals surface area contributed by atoms with Gasteiger partial charge >= 0.3 is 0 Å². The van der Waals surface area contributed by atoms with Crippen molar-refractivity contribution in [2.45, 2.75) is 25.9 Å². The number of hydrogen-bond donors (Lipinski definition) is 1. The van der Waals surface area contributed by atoms with Crippen molar-refractivity contribution >= 4 is 29.7 Å². The van der Waals surface area contributed by atoms with Crippen LogP contribution in [0.2, 0.25) is 0 Å². The average molecular weight is 325 g/mol. The molecular formula is C16H21ClN2OS. The molecule has 0 radical (unpaired) electrons. The van der Waals surface area contributed by atoms with Crippen molar-refractivity contribution in [3.05, 3.63) is 57.8 Å². The third-order valence-corrected chi connectivity index (χ3v) is 4.40. The summed E-state index contributed by atoms with van der Waals surface area (Å²) in [6.07, 6.45) is 0.338. The van der Waals surface area contributed by atoms with Crippen molar-refractivity contribution < 1.29 is 4.79 Å². The highest BCUT2D eigenvalue weighted by molar-refractivity contribution is 7.10. The summed E-state index contributed by atoms with van der Waals surface area (Å²) >= 11 is 1.69. The number of nitrogens with two attached hydrogens (primary N) is 1. The Labute approximate surface area is 136 Å². The largest absolute Gasteiger partial charge is 0.341 e. The van der Waals surface area contributed by atoms with E-state index in [0.29, 0.717) is 13.0 Å². The summed E-state index contributed by atoms with van der Waals surface area (Å²) in [5.41, 5.74) is 8.33. The van der Waals surface area contributed by atoms with Crippen molar-refractivity contribution in [1.29, 1.82) is 0 Å². The molecule has 0 bridgehead atoms. The average Bonchev–Trinajstić information content (AvgIpc) is 2.85. The topological polar surface area (TPSA) is 46.3 Å². The van der Waals surface area contributed by atoms with Crippen molar-refractivity contribution in [1.82, 2.24) is 4.90 Å². The van der Waals surface area contributed by atoms with Crippen LogP contribution < -0.4 is 5.73 Å². The van der Waals surface area contributed by atoms with E-state index in [4.69, 9.17) is 5.73 Å². The van der Waals surface area contributed by atoms with Crippen LogP contribution in [0.3, 0.4) is 0 Å². The Kier molecular flexibility index (Phi) is 6.89. The Hall–Kier alpha value is -1.36. The zero-order chi connectivity index (χ0) is 14.5. The minimum atomic E-state index is -0.240.